The fourth-order valence-corrected chi connectivity index (χ4v) is 3.25. The minimum Gasteiger partial charge on any atom is -0.333 e. The second-order valence-corrected chi connectivity index (χ2v) is 7.34. The predicted molar refractivity (Wildman–Crippen MR) is 85.3 cm³/mol. The van der Waals surface area contributed by atoms with Gasteiger partial charge in [-0.2, -0.15) is 5.10 Å². The first-order valence-corrected chi connectivity index (χ1v) is 8.04. The Morgan fingerprint density at radius 2 is 2.14 bits per heavy atom. The SMILES string of the molecule is C[C@H]1CCN(Cc2ncnn2C(C)(C)C)C[C@H]1n1ccnc1. The summed E-state index contributed by atoms with van der Waals surface area (Å²) in [6.45, 7) is 11.8. The molecule has 3 heterocycles. The monoisotopic (exact) mass is 302 g/mol. The fourth-order valence-electron chi connectivity index (χ4n) is 3.25. The summed E-state index contributed by atoms with van der Waals surface area (Å²) in [5.74, 6) is 1.72. The summed E-state index contributed by atoms with van der Waals surface area (Å²) < 4.78 is 4.28. The van der Waals surface area contributed by atoms with E-state index in [9.17, 15) is 0 Å². The summed E-state index contributed by atoms with van der Waals surface area (Å²) in [6.07, 6.45) is 8.74. The average Bonchev–Trinajstić information content (AvgIpc) is 3.11. The van der Waals surface area contributed by atoms with E-state index in [2.05, 4.69) is 58.4 Å². The van der Waals surface area contributed by atoms with Crippen LogP contribution in [0.5, 0.6) is 0 Å². The second kappa shape index (κ2) is 5.83. The Bertz CT molecular complexity index is 594. The highest BCUT2D eigenvalue weighted by atomic mass is 15.4. The van der Waals surface area contributed by atoms with Crippen molar-refractivity contribution in [1.29, 1.82) is 0 Å². The maximum Gasteiger partial charge on any atom is 0.141 e. The molecule has 0 radical (unpaired) electrons. The van der Waals surface area contributed by atoms with Crippen LogP contribution in [0.1, 0.15) is 46.0 Å². The van der Waals surface area contributed by atoms with Gasteiger partial charge in [-0.3, -0.25) is 4.90 Å². The quantitative estimate of drug-likeness (QED) is 0.873. The van der Waals surface area contributed by atoms with Crippen LogP contribution in [0.2, 0.25) is 0 Å². The van der Waals surface area contributed by atoms with Gasteiger partial charge in [0.25, 0.3) is 0 Å². The number of aromatic nitrogens is 5. The minimum atomic E-state index is -0.0291. The maximum absolute atomic E-state index is 4.47. The van der Waals surface area contributed by atoms with Crippen LogP contribution in [0.4, 0.5) is 0 Å². The van der Waals surface area contributed by atoms with Crippen LogP contribution in [0.25, 0.3) is 0 Å². The van der Waals surface area contributed by atoms with Crippen LogP contribution in [0, 0.1) is 5.92 Å². The van der Waals surface area contributed by atoms with Crippen LogP contribution in [0.3, 0.4) is 0 Å². The standard InChI is InChI=1S/C16H26N6/c1-13-5-7-20(9-14(13)21-8-6-17-12-21)10-15-18-11-19-22(15)16(2,3)4/h6,8,11-14H,5,7,9-10H2,1-4H3/t13-,14+/m0/s1. The summed E-state index contributed by atoms with van der Waals surface area (Å²) in [5.41, 5.74) is -0.0291. The van der Waals surface area contributed by atoms with E-state index in [0.717, 1.165) is 25.5 Å². The van der Waals surface area contributed by atoms with Gasteiger partial charge in [-0.15, -0.1) is 0 Å². The van der Waals surface area contributed by atoms with Gasteiger partial charge in [-0.25, -0.2) is 14.6 Å². The summed E-state index contributed by atoms with van der Waals surface area (Å²) in [6, 6.07) is 0.488. The molecule has 0 saturated carbocycles. The smallest absolute Gasteiger partial charge is 0.141 e. The van der Waals surface area contributed by atoms with Crippen molar-refractivity contribution in [2.24, 2.45) is 5.92 Å². The second-order valence-electron chi connectivity index (χ2n) is 7.34. The molecule has 6 heteroatoms. The van der Waals surface area contributed by atoms with Gasteiger partial charge < -0.3 is 4.57 Å². The van der Waals surface area contributed by atoms with Gasteiger partial charge in [0, 0.05) is 25.0 Å². The number of piperidine rings is 1. The van der Waals surface area contributed by atoms with Crippen molar-refractivity contribution in [3.05, 3.63) is 30.9 Å². The van der Waals surface area contributed by atoms with Crippen LogP contribution < -0.4 is 0 Å². The van der Waals surface area contributed by atoms with Crippen molar-refractivity contribution in [3.63, 3.8) is 0 Å². The van der Waals surface area contributed by atoms with Crippen molar-refractivity contribution in [3.8, 4) is 0 Å². The molecule has 120 valence electrons. The number of hydrogen-bond acceptors (Lipinski definition) is 4. The van der Waals surface area contributed by atoms with Gasteiger partial charge in [0.2, 0.25) is 0 Å². The van der Waals surface area contributed by atoms with Crippen molar-refractivity contribution >= 4 is 0 Å². The third kappa shape index (κ3) is 3.06. The first-order chi connectivity index (χ1) is 10.4. The van der Waals surface area contributed by atoms with E-state index >= 15 is 0 Å². The molecule has 0 bridgehead atoms. The maximum atomic E-state index is 4.47. The molecule has 0 N–H and O–H groups in total. The van der Waals surface area contributed by atoms with Crippen LogP contribution >= 0.6 is 0 Å². The van der Waals surface area contributed by atoms with E-state index in [1.165, 1.54) is 6.42 Å². The Morgan fingerprint density at radius 1 is 1.32 bits per heavy atom. The molecule has 0 amide bonds. The molecule has 0 aromatic carbocycles. The Morgan fingerprint density at radius 3 is 2.82 bits per heavy atom. The number of hydrogen-bond donors (Lipinski definition) is 0. The Kier molecular flexibility index (Phi) is 4.04. The van der Waals surface area contributed by atoms with E-state index in [1.54, 1.807) is 6.33 Å². The van der Waals surface area contributed by atoms with Crippen LogP contribution in [-0.2, 0) is 12.1 Å². The molecular weight excluding hydrogens is 276 g/mol. The normalized spacial score (nSPS) is 23.8. The van der Waals surface area contributed by atoms with Crippen LogP contribution in [-0.4, -0.2) is 42.3 Å². The largest absolute Gasteiger partial charge is 0.333 e. The molecule has 1 fully saturated rings. The Labute approximate surface area is 132 Å². The molecule has 0 aliphatic carbocycles. The van der Waals surface area contributed by atoms with Gasteiger partial charge in [0.15, 0.2) is 0 Å². The molecule has 0 spiro atoms. The lowest BCUT2D eigenvalue weighted by molar-refractivity contribution is 0.120. The molecule has 0 unspecified atom stereocenters. The summed E-state index contributed by atoms with van der Waals surface area (Å²) in [5, 5.41) is 4.40. The Balaban J connectivity index is 1.73. The van der Waals surface area contributed by atoms with Gasteiger partial charge in [0.1, 0.15) is 12.2 Å². The average molecular weight is 302 g/mol. The molecule has 1 saturated heterocycles. The number of rotatable bonds is 3. The minimum absolute atomic E-state index is 0.0291. The number of likely N-dealkylation sites (tertiary alicyclic amines) is 1. The molecule has 22 heavy (non-hydrogen) atoms. The fraction of sp³-hybridized carbons (Fsp3) is 0.688. The van der Waals surface area contributed by atoms with Crippen LogP contribution in [0.15, 0.2) is 25.0 Å². The summed E-state index contributed by atoms with van der Waals surface area (Å²) in [7, 11) is 0. The highest BCUT2D eigenvalue weighted by Crippen LogP contribution is 2.28. The van der Waals surface area contributed by atoms with Gasteiger partial charge in [-0.05, 0) is 39.7 Å². The van der Waals surface area contributed by atoms with Crippen molar-refractivity contribution in [2.45, 2.75) is 52.2 Å². The van der Waals surface area contributed by atoms with Gasteiger partial charge in [-0.1, -0.05) is 6.92 Å². The van der Waals surface area contributed by atoms with Gasteiger partial charge in [0.05, 0.1) is 18.4 Å². The lowest BCUT2D eigenvalue weighted by Crippen LogP contribution is -2.41. The zero-order valence-corrected chi connectivity index (χ0v) is 14.0. The first kappa shape index (κ1) is 15.2. The molecule has 1 aliphatic heterocycles. The zero-order valence-electron chi connectivity index (χ0n) is 14.0. The predicted octanol–water partition coefficient (Wildman–Crippen LogP) is 2.31. The van der Waals surface area contributed by atoms with Crippen molar-refractivity contribution < 1.29 is 0 Å². The van der Waals surface area contributed by atoms with Crippen molar-refractivity contribution in [2.75, 3.05) is 13.1 Å². The highest BCUT2D eigenvalue weighted by molar-refractivity contribution is 4.93. The summed E-state index contributed by atoms with van der Waals surface area (Å²) in [4.78, 5) is 11.2. The number of imidazole rings is 1. The molecule has 2 aromatic rings. The van der Waals surface area contributed by atoms with E-state index in [0.29, 0.717) is 12.0 Å². The molecule has 6 nitrogen and oxygen atoms in total. The van der Waals surface area contributed by atoms with E-state index in [1.807, 2.05) is 17.2 Å². The Hall–Kier alpha value is -1.69. The molecule has 2 atom stereocenters. The molecule has 2 aromatic heterocycles. The zero-order chi connectivity index (χ0) is 15.7. The first-order valence-electron chi connectivity index (χ1n) is 8.04. The molecule has 1 aliphatic rings. The highest BCUT2D eigenvalue weighted by Gasteiger charge is 2.29. The third-order valence-corrected chi connectivity index (χ3v) is 4.53. The van der Waals surface area contributed by atoms with E-state index in [4.69, 9.17) is 0 Å². The van der Waals surface area contributed by atoms with E-state index < -0.39 is 0 Å². The van der Waals surface area contributed by atoms with E-state index in [-0.39, 0.29) is 5.54 Å². The molecule has 3 rings (SSSR count). The van der Waals surface area contributed by atoms with Gasteiger partial charge >= 0.3 is 0 Å². The topological polar surface area (TPSA) is 51.8 Å². The lowest BCUT2D eigenvalue weighted by atomic mass is 9.93. The third-order valence-electron chi connectivity index (χ3n) is 4.53. The van der Waals surface area contributed by atoms with Crippen molar-refractivity contribution in [1.82, 2.24) is 29.2 Å². The summed E-state index contributed by atoms with van der Waals surface area (Å²) >= 11 is 0. The number of nitrogens with zero attached hydrogens (tertiary/aromatic N) is 6. The lowest BCUT2D eigenvalue weighted by Gasteiger charge is -2.37. The molecular formula is C16H26N6.